The molecule has 0 saturated carbocycles. The van der Waals surface area contributed by atoms with Crippen molar-refractivity contribution >= 4 is 23.2 Å². The molecule has 0 heterocycles. The summed E-state index contributed by atoms with van der Waals surface area (Å²) in [6, 6.07) is 4.99. The first-order chi connectivity index (χ1) is 8.02. The zero-order valence-electron chi connectivity index (χ0n) is 10.00. The number of benzene rings is 1. The molecule has 1 rings (SSSR count). The number of hydrogen-bond donors (Lipinski definition) is 2. The lowest BCUT2D eigenvalue weighted by Crippen LogP contribution is -2.28. The quantitative estimate of drug-likeness (QED) is 0.626. The van der Waals surface area contributed by atoms with Gasteiger partial charge in [-0.25, -0.2) is 0 Å². The first kappa shape index (κ1) is 13.8. The number of carbonyl (C=O) groups excluding carboxylic acids is 1. The summed E-state index contributed by atoms with van der Waals surface area (Å²) in [4.78, 5) is 11.8. The maximum Gasteiger partial charge on any atom is 0.252 e. The van der Waals surface area contributed by atoms with E-state index in [1.54, 1.807) is 18.2 Å². The number of carbonyl (C=O) groups is 1. The van der Waals surface area contributed by atoms with Crippen molar-refractivity contribution in [3.05, 3.63) is 28.8 Å². The molecule has 0 unspecified atom stereocenters. The van der Waals surface area contributed by atoms with E-state index in [1.807, 2.05) is 13.8 Å². The fourth-order valence-electron chi connectivity index (χ4n) is 1.28. The van der Waals surface area contributed by atoms with Crippen molar-refractivity contribution in [2.24, 2.45) is 0 Å². The number of rotatable bonds is 5. The van der Waals surface area contributed by atoms with Crippen LogP contribution in [0.25, 0.3) is 0 Å². The van der Waals surface area contributed by atoms with Crippen LogP contribution in [0.1, 0.15) is 24.2 Å². The van der Waals surface area contributed by atoms with Gasteiger partial charge in [0.1, 0.15) is 0 Å². The predicted octanol–water partition coefficient (Wildman–Crippen LogP) is 2.08. The third-order valence-electron chi connectivity index (χ3n) is 2.11. The van der Waals surface area contributed by atoms with Gasteiger partial charge in [0.15, 0.2) is 0 Å². The topological polar surface area (TPSA) is 64.3 Å². The van der Waals surface area contributed by atoms with Gasteiger partial charge in [0.05, 0.1) is 29.0 Å². The van der Waals surface area contributed by atoms with Crippen LogP contribution in [0.5, 0.6) is 0 Å². The van der Waals surface area contributed by atoms with Gasteiger partial charge in [-0.1, -0.05) is 17.7 Å². The maximum absolute atomic E-state index is 11.8. The molecular formula is C12H17ClN2O2. The van der Waals surface area contributed by atoms with Crippen molar-refractivity contribution < 1.29 is 9.53 Å². The summed E-state index contributed by atoms with van der Waals surface area (Å²) < 4.78 is 5.31. The molecule has 4 nitrogen and oxygen atoms in total. The second-order valence-corrected chi connectivity index (χ2v) is 4.26. The lowest BCUT2D eigenvalue weighted by molar-refractivity contribution is 0.0746. The Morgan fingerprint density at radius 2 is 2.24 bits per heavy atom. The molecule has 1 aromatic rings. The highest BCUT2D eigenvalue weighted by atomic mass is 35.5. The van der Waals surface area contributed by atoms with Gasteiger partial charge in [0.25, 0.3) is 5.91 Å². The Morgan fingerprint density at radius 1 is 1.53 bits per heavy atom. The van der Waals surface area contributed by atoms with Gasteiger partial charge < -0.3 is 15.8 Å². The molecule has 1 aromatic carbocycles. The van der Waals surface area contributed by atoms with Crippen LogP contribution in [0.4, 0.5) is 5.69 Å². The predicted molar refractivity (Wildman–Crippen MR) is 69.3 cm³/mol. The fraction of sp³-hybridized carbons (Fsp3) is 0.417. The zero-order valence-corrected chi connectivity index (χ0v) is 10.8. The van der Waals surface area contributed by atoms with Gasteiger partial charge in [-0.3, -0.25) is 4.79 Å². The smallest absolute Gasteiger partial charge is 0.252 e. The van der Waals surface area contributed by atoms with Crippen molar-refractivity contribution in [1.29, 1.82) is 0 Å². The van der Waals surface area contributed by atoms with Crippen LogP contribution in [0.2, 0.25) is 5.02 Å². The Balaban J connectivity index is 2.50. The molecule has 5 heteroatoms. The monoisotopic (exact) mass is 256 g/mol. The van der Waals surface area contributed by atoms with Crippen molar-refractivity contribution in [2.75, 3.05) is 18.9 Å². The molecule has 0 bridgehead atoms. The van der Waals surface area contributed by atoms with Crippen molar-refractivity contribution in [3.8, 4) is 0 Å². The molecule has 17 heavy (non-hydrogen) atoms. The van der Waals surface area contributed by atoms with Crippen LogP contribution >= 0.6 is 11.6 Å². The number of anilines is 1. The van der Waals surface area contributed by atoms with Gasteiger partial charge in [0.2, 0.25) is 0 Å². The summed E-state index contributed by atoms with van der Waals surface area (Å²) in [7, 11) is 0. The average Bonchev–Trinajstić information content (AvgIpc) is 2.27. The standard InChI is InChI=1S/C12H17ClN2O2/c1-8(2)17-7-6-15-12(16)9-4-3-5-10(14)11(9)13/h3-5,8H,6-7,14H2,1-2H3,(H,15,16). The summed E-state index contributed by atoms with van der Waals surface area (Å²) >= 11 is 5.93. The van der Waals surface area contributed by atoms with E-state index in [0.29, 0.717) is 24.4 Å². The summed E-state index contributed by atoms with van der Waals surface area (Å²) in [6.45, 7) is 4.80. The summed E-state index contributed by atoms with van der Waals surface area (Å²) in [6.07, 6.45) is 0.155. The first-order valence-electron chi connectivity index (χ1n) is 5.46. The zero-order chi connectivity index (χ0) is 12.8. The number of ether oxygens (including phenoxy) is 1. The number of hydrogen-bond acceptors (Lipinski definition) is 3. The van der Waals surface area contributed by atoms with E-state index >= 15 is 0 Å². The lowest BCUT2D eigenvalue weighted by Gasteiger charge is -2.10. The maximum atomic E-state index is 11.8. The molecule has 0 atom stereocenters. The summed E-state index contributed by atoms with van der Waals surface area (Å²) in [5.41, 5.74) is 6.40. The second-order valence-electron chi connectivity index (χ2n) is 3.88. The second kappa shape index (κ2) is 6.47. The number of nitrogens with one attached hydrogen (secondary N) is 1. The summed E-state index contributed by atoms with van der Waals surface area (Å²) in [5.74, 6) is -0.241. The lowest BCUT2D eigenvalue weighted by atomic mass is 10.2. The molecule has 3 N–H and O–H groups in total. The number of nitrogens with two attached hydrogens (primary N) is 1. The third-order valence-corrected chi connectivity index (χ3v) is 2.53. The van der Waals surface area contributed by atoms with E-state index < -0.39 is 0 Å². The minimum atomic E-state index is -0.241. The fourth-order valence-corrected chi connectivity index (χ4v) is 1.49. The highest BCUT2D eigenvalue weighted by Crippen LogP contribution is 2.22. The SMILES string of the molecule is CC(C)OCCNC(=O)c1cccc(N)c1Cl. The van der Waals surface area contributed by atoms with Crippen LogP contribution in [0.15, 0.2) is 18.2 Å². The molecule has 1 amide bonds. The van der Waals surface area contributed by atoms with Crippen LogP contribution in [0, 0.1) is 0 Å². The molecule has 0 spiro atoms. The number of amides is 1. The molecule has 0 fully saturated rings. The van der Waals surface area contributed by atoms with E-state index in [2.05, 4.69) is 5.32 Å². The van der Waals surface area contributed by atoms with Gasteiger partial charge in [-0.05, 0) is 26.0 Å². The van der Waals surface area contributed by atoms with Crippen LogP contribution in [-0.4, -0.2) is 25.2 Å². The molecule has 0 aromatic heterocycles. The number of halogens is 1. The van der Waals surface area contributed by atoms with Crippen molar-refractivity contribution in [1.82, 2.24) is 5.32 Å². The highest BCUT2D eigenvalue weighted by molar-refractivity contribution is 6.36. The third kappa shape index (κ3) is 4.24. The molecule has 94 valence electrons. The van der Waals surface area contributed by atoms with E-state index in [0.717, 1.165) is 0 Å². The molecule has 0 aliphatic heterocycles. The Hall–Kier alpha value is -1.26. The minimum absolute atomic E-state index is 0.155. The Kier molecular flexibility index (Phi) is 5.25. The van der Waals surface area contributed by atoms with Crippen LogP contribution in [0.3, 0.4) is 0 Å². The van der Waals surface area contributed by atoms with Gasteiger partial charge in [-0.2, -0.15) is 0 Å². The van der Waals surface area contributed by atoms with Crippen LogP contribution < -0.4 is 11.1 Å². The van der Waals surface area contributed by atoms with E-state index in [9.17, 15) is 4.79 Å². The van der Waals surface area contributed by atoms with E-state index in [4.69, 9.17) is 22.1 Å². The van der Waals surface area contributed by atoms with Gasteiger partial charge >= 0.3 is 0 Å². The van der Waals surface area contributed by atoms with E-state index in [-0.39, 0.29) is 17.0 Å². The largest absolute Gasteiger partial charge is 0.398 e. The molecule has 0 saturated heterocycles. The normalized spacial score (nSPS) is 10.6. The van der Waals surface area contributed by atoms with Crippen molar-refractivity contribution in [2.45, 2.75) is 20.0 Å². The van der Waals surface area contributed by atoms with Crippen molar-refractivity contribution in [3.63, 3.8) is 0 Å². The van der Waals surface area contributed by atoms with E-state index in [1.165, 1.54) is 0 Å². The molecular weight excluding hydrogens is 240 g/mol. The average molecular weight is 257 g/mol. The molecule has 0 aliphatic carbocycles. The molecule has 0 radical (unpaired) electrons. The minimum Gasteiger partial charge on any atom is -0.398 e. The highest BCUT2D eigenvalue weighted by Gasteiger charge is 2.11. The number of nitrogen functional groups attached to an aromatic ring is 1. The van der Waals surface area contributed by atoms with Crippen LogP contribution in [-0.2, 0) is 4.74 Å². The Labute approximate surface area is 106 Å². The van der Waals surface area contributed by atoms with Gasteiger partial charge in [0, 0.05) is 6.54 Å². The summed E-state index contributed by atoms with van der Waals surface area (Å²) in [5, 5.41) is 3.01. The van der Waals surface area contributed by atoms with Gasteiger partial charge in [-0.15, -0.1) is 0 Å². The Bertz CT molecular complexity index is 394. The Morgan fingerprint density at radius 3 is 2.88 bits per heavy atom. The first-order valence-corrected chi connectivity index (χ1v) is 5.84. The molecule has 0 aliphatic rings.